The van der Waals surface area contributed by atoms with E-state index in [4.69, 9.17) is 0 Å². The molecule has 0 aromatic rings. The average Bonchev–Trinajstić information content (AvgIpc) is 0.811. The van der Waals surface area contributed by atoms with E-state index in [2.05, 4.69) is 0 Å². The van der Waals surface area contributed by atoms with Crippen molar-refractivity contribution in [2.75, 3.05) is 0 Å². The zero-order valence-corrected chi connectivity index (χ0v) is 4.44. The molecule has 0 saturated heterocycles. The first-order valence-corrected chi connectivity index (χ1v) is 0.655. The van der Waals surface area contributed by atoms with Crippen LogP contribution in [0.15, 0.2) is 0 Å². The molecular formula is H4AlBF3Li. The molecule has 0 rings (SSSR count). The summed E-state index contributed by atoms with van der Waals surface area (Å²) < 4.78 is 29.0. The molecule has 0 heterocycles. The molecule has 0 radical (unpaired) electrons. The van der Waals surface area contributed by atoms with Gasteiger partial charge in [0.05, 0.1) is 0 Å². The number of hydrogen-bond acceptors (Lipinski definition) is 0. The van der Waals surface area contributed by atoms with E-state index in [1.807, 2.05) is 0 Å². The van der Waals surface area contributed by atoms with Gasteiger partial charge in [-0.25, -0.2) is 0 Å². The van der Waals surface area contributed by atoms with Crippen LogP contribution in [0.4, 0.5) is 12.9 Å². The summed E-state index contributed by atoms with van der Waals surface area (Å²) in [5, 5.41) is 0. The fraction of sp³-hybridized carbons (Fsp3) is 0. The Morgan fingerprint density at radius 1 is 1.17 bits per heavy atom. The molecule has 0 N–H and O–H groups in total. The van der Waals surface area contributed by atoms with Gasteiger partial charge in [-0.15, -0.1) is 0 Å². The zero-order valence-electron chi connectivity index (χ0n) is 7.29. The topological polar surface area (TPSA) is 0 Å². The quantitative estimate of drug-likeness (QED) is 0.312. The summed E-state index contributed by atoms with van der Waals surface area (Å²) in [5.74, 6) is 0. The Kier molecular flexibility index (Phi) is 24.6. The largest absolute Gasteiger partial charge is 3.00 e. The van der Waals surface area contributed by atoms with Gasteiger partial charge in [0.15, 0.2) is 0 Å². The zero-order chi connectivity index (χ0) is 3.58. The minimum absolute atomic E-state index is 0. The van der Waals surface area contributed by atoms with Crippen molar-refractivity contribution in [1.82, 2.24) is 0 Å². The molecule has 0 bridgehead atoms. The Morgan fingerprint density at radius 3 is 1.17 bits per heavy atom. The summed E-state index contributed by atoms with van der Waals surface area (Å²) in [5.41, 5.74) is 0. The average molecular weight is 106 g/mol. The molecule has 0 nitrogen and oxygen atoms in total. The van der Waals surface area contributed by atoms with Crippen LogP contribution in [0.2, 0.25) is 0 Å². The molecule has 6 heteroatoms. The van der Waals surface area contributed by atoms with Crippen LogP contribution in [0.25, 0.3) is 0 Å². The van der Waals surface area contributed by atoms with E-state index in [9.17, 15) is 12.9 Å². The van der Waals surface area contributed by atoms with Gasteiger partial charge in [-0.05, 0) is 0 Å². The molecule has 0 aliphatic rings. The first kappa shape index (κ1) is 15.8. The molecule has 0 aliphatic heterocycles. The van der Waals surface area contributed by atoms with E-state index in [1.165, 1.54) is 0 Å². The summed E-state index contributed by atoms with van der Waals surface area (Å²) in [6, 6.07) is 0. The molecule has 0 aliphatic carbocycles. The molecule has 0 saturated carbocycles. The van der Waals surface area contributed by atoms with Crippen molar-refractivity contribution in [3.05, 3.63) is 0 Å². The molecule has 0 spiro atoms. The van der Waals surface area contributed by atoms with Crippen molar-refractivity contribution in [3.63, 3.8) is 0 Å². The van der Waals surface area contributed by atoms with Crippen LogP contribution in [0, 0.1) is 0 Å². The van der Waals surface area contributed by atoms with Crippen molar-refractivity contribution >= 4 is 24.9 Å². The second-order valence-corrected chi connectivity index (χ2v) is 0.247. The van der Waals surface area contributed by atoms with Gasteiger partial charge < -0.3 is 5.71 Å². The van der Waals surface area contributed by atoms with E-state index in [1.54, 1.807) is 0 Å². The van der Waals surface area contributed by atoms with Gasteiger partial charge in [0, 0.05) is 0 Å². The summed E-state index contributed by atoms with van der Waals surface area (Å²) in [4.78, 5) is 0. The fourth-order valence-corrected chi connectivity index (χ4v) is 0. The first-order valence-electron chi connectivity index (χ1n) is 0.655. The molecule has 0 amide bonds. The standard InChI is InChI=1S/Al.BF3.Li.4H/c;2-1(3)4;;;;;/q+3;;+1;4*-1. The van der Waals surface area contributed by atoms with Crippen molar-refractivity contribution in [1.29, 1.82) is 0 Å². The van der Waals surface area contributed by atoms with E-state index in [-0.39, 0.29) is 41.9 Å². The van der Waals surface area contributed by atoms with E-state index in [0.29, 0.717) is 0 Å². The predicted octanol–water partition coefficient (Wildman–Crippen LogP) is -2.05. The Morgan fingerprint density at radius 2 is 1.17 bits per heavy atom. The maximum atomic E-state index is 9.67. The second-order valence-electron chi connectivity index (χ2n) is 0.247. The second kappa shape index (κ2) is 9.37. The molecular weight excluding hydrogens is 102 g/mol. The van der Waals surface area contributed by atoms with Gasteiger partial charge in [-0.2, -0.15) is 0 Å². The molecule has 32 valence electrons. The van der Waals surface area contributed by atoms with E-state index >= 15 is 0 Å². The molecule has 6 heavy (non-hydrogen) atoms. The summed E-state index contributed by atoms with van der Waals surface area (Å²) >= 11 is 0. The van der Waals surface area contributed by atoms with Gasteiger partial charge in [0.25, 0.3) is 0 Å². The minimum Gasteiger partial charge on any atom is -1.00 e. The first-order chi connectivity index (χ1) is 1.73. The smallest absolute Gasteiger partial charge is 1.00 e. The molecule has 0 unspecified atom stereocenters. The Hall–Kier alpha value is 0.985. The monoisotopic (exact) mass is 106 g/mol. The third-order valence-electron chi connectivity index (χ3n) is 0. The summed E-state index contributed by atoms with van der Waals surface area (Å²) in [6.07, 6.45) is 0. The third-order valence-corrected chi connectivity index (χ3v) is 0. The van der Waals surface area contributed by atoms with Crippen LogP contribution in [0.3, 0.4) is 0 Å². The van der Waals surface area contributed by atoms with Crippen LogP contribution >= 0.6 is 0 Å². The van der Waals surface area contributed by atoms with Gasteiger partial charge in [-0.1, -0.05) is 0 Å². The summed E-state index contributed by atoms with van der Waals surface area (Å²) in [6.45, 7) is 0. The van der Waals surface area contributed by atoms with E-state index in [0.717, 1.165) is 0 Å². The SMILES string of the molecule is FB(F)F.[Al+3].[H-].[H-].[H-].[H-].[Li+]. The molecule has 0 aromatic carbocycles. The number of hydrogen-bond donors (Lipinski definition) is 0. The van der Waals surface area contributed by atoms with Crippen LogP contribution in [0.1, 0.15) is 5.71 Å². The van der Waals surface area contributed by atoms with Gasteiger partial charge in [0.2, 0.25) is 0 Å². The van der Waals surface area contributed by atoms with Crippen molar-refractivity contribution in [2.24, 2.45) is 0 Å². The molecule has 0 atom stereocenters. The van der Waals surface area contributed by atoms with Crippen LogP contribution in [-0.2, 0) is 0 Å². The normalized spacial score (nSPS) is 4.50. The fourth-order valence-electron chi connectivity index (χ4n) is 0. The maximum Gasteiger partial charge on any atom is 3.00 e. The molecule has 0 fully saturated rings. The van der Waals surface area contributed by atoms with Gasteiger partial charge in [0.1, 0.15) is 0 Å². The number of rotatable bonds is 0. The predicted molar refractivity (Wildman–Crippen MR) is 19.3 cm³/mol. The Balaban J connectivity index is -0.00000000300. The number of halogens is 3. The Labute approximate surface area is 63.0 Å². The maximum absolute atomic E-state index is 9.67. The van der Waals surface area contributed by atoms with Crippen LogP contribution < -0.4 is 18.9 Å². The van der Waals surface area contributed by atoms with Crippen LogP contribution in [0.5, 0.6) is 0 Å². The van der Waals surface area contributed by atoms with Crippen molar-refractivity contribution in [3.8, 4) is 0 Å². The van der Waals surface area contributed by atoms with E-state index < -0.39 is 7.54 Å². The van der Waals surface area contributed by atoms with Crippen molar-refractivity contribution < 1.29 is 37.5 Å². The molecule has 0 aromatic heterocycles. The van der Waals surface area contributed by atoms with Crippen LogP contribution in [-0.4, -0.2) is 24.9 Å². The Bertz CT molecular complexity index is 25.2. The van der Waals surface area contributed by atoms with Crippen molar-refractivity contribution in [2.45, 2.75) is 0 Å². The van der Waals surface area contributed by atoms with Gasteiger partial charge >= 0.3 is 43.8 Å². The minimum atomic E-state index is -3.67. The third kappa shape index (κ3) is 81.6. The van der Waals surface area contributed by atoms with Gasteiger partial charge in [-0.3, -0.25) is 12.9 Å². The summed E-state index contributed by atoms with van der Waals surface area (Å²) in [7, 11) is -3.67.